The van der Waals surface area contributed by atoms with Crippen molar-refractivity contribution in [3.8, 4) is 0 Å². The van der Waals surface area contributed by atoms with Gasteiger partial charge < -0.3 is 4.42 Å². The number of hydrogen-bond donors (Lipinski definition) is 0. The van der Waals surface area contributed by atoms with Crippen molar-refractivity contribution in [3.05, 3.63) is 47.9 Å². The van der Waals surface area contributed by atoms with Crippen molar-refractivity contribution in [1.82, 2.24) is 14.9 Å². The normalized spacial score (nSPS) is 16.0. The van der Waals surface area contributed by atoms with E-state index < -0.39 is 0 Å². The molecule has 0 aliphatic carbocycles. The molecule has 0 spiro atoms. The van der Waals surface area contributed by atoms with Crippen LogP contribution in [0.25, 0.3) is 0 Å². The van der Waals surface area contributed by atoms with E-state index in [1.807, 2.05) is 12.3 Å². The Morgan fingerprint density at radius 1 is 1.44 bits per heavy atom. The first kappa shape index (κ1) is 9.54. The van der Waals surface area contributed by atoms with E-state index in [0.717, 1.165) is 26.1 Å². The highest BCUT2D eigenvalue weighted by molar-refractivity contribution is 5.19. The summed E-state index contributed by atoms with van der Waals surface area (Å²) >= 11 is 0. The second kappa shape index (κ2) is 4.06. The third kappa shape index (κ3) is 1.84. The molecule has 0 unspecified atom stereocenters. The predicted octanol–water partition coefficient (Wildman–Crippen LogP) is 1.63. The Labute approximate surface area is 93.9 Å². The number of nitrogens with zero attached hydrogens (tertiary/aromatic N) is 3. The number of hydrogen-bond acceptors (Lipinski definition) is 4. The first-order valence-corrected chi connectivity index (χ1v) is 5.43. The Morgan fingerprint density at radius 2 is 2.44 bits per heavy atom. The minimum absolute atomic E-state index is 0.932. The lowest BCUT2D eigenvalue weighted by molar-refractivity contribution is 0.242. The molecule has 4 heteroatoms. The minimum Gasteiger partial charge on any atom is -0.472 e. The lowest BCUT2D eigenvalue weighted by Crippen LogP contribution is -2.30. The first-order chi connectivity index (χ1) is 7.92. The van der Waals surface area contributed by atoms with Crippen LogP contribution in [-0.2, 0) is 19.5 Å². The molecule has 4 nitrogen and oxygen atoms in total. The van der Waals surface area contributed by atoms with Crippen molar-refractivity contribution in [2.75, 3.05) is 6.54 Å². The van der Waals surface area contributed by atoms with Gasteiger partial charge in [-0.05, 0) is 6.07 Å². The molecule has 2 aromatic heterocycles. The molecule has 0 fully saturated rings. The minimum atomic E-state index is 0.932. The van der Waals surface area contributed by atoms with Gasteiger partial charge in [-0.25, -0.2) is 9.97 Å². The average Bonchev–Trinajstić information content (AvgIpc) is 2.82. The molecule has 3 rings (SSSR count). The summed E-state index contributed by atoms with van der Waals surface area (Å²) in [5.41, 5.74) is 3.66. The molecule has 0 radical (unpaired) electrons. The predicted molar refractivity (Wildman–Crippen MR) is 58.6 cm³/mol. The van der Waals surface area contributed by atoms with Gasteiger partial charge in [0.1, 0.15) is 6.33 Å². The fourth-order valence-electron chi connectivity index (χ4n) is 2.10. The summed E-state index contributed by atoms with van der Waals surface area (Å²) in [5, 5.41) is 0. The number of furan rings is 1. The topological polar surface area (TPSA) is 42.2 Å². The lowest BCUT2D eigenvalue weighted by Gasteiger charge is -2.26. The molecule has 0 saturated heterocycles. The van der Waals surface area contributed by atoms with E-state index in [1.165, 1.54) is 16.8 Å². The van der Waals surface area contributed by atoms with Crippen molar-refractivity contribution in [3.63, 3.8) is 0 Å². The highest BCUT2D eigenvalue weighted by atomic mass is 16.3. The Hall–Kier alpha value is -1.68. The standard InChI is InChI=1S/C12H13N3O/c1-3-15(6-10-2-4-16-8-10)7-11-5-13-9-14-12(1)11/h2,4-5,8-9H,1,3,6-7H2. The third-order valence-corrected chi connectivity index (χ3v) is 2.93. The van der Waals surface area contributed by atoms with Crippen LogP contribution in [0.5, 0.6) is 0 Å². The van der Waals surface area contributed by atoms with Crippen molar-refractivity contribution in [2.45, 2.75) is 19.5 Å². The maximum absolute atomic E-state index is 5.07. The van der Waals surface area contributed by atoms with Crippen LogP contribution in [-0.4, -0.2) is 21.4 Å². The molecule has 0 N–H and O–H groups in total. The molecule has 0 atom stereocenters. The van der Waals surface area contributed by atoms with Crippen LogP contribution >= 0.6 is 0 Å². The van der Waals surface area contributed by atoms with E-state index in [2.05, 4.69) is 14.9 Å². The first-order valence-electron chi connectivity index (χ1n) is 5.43. The molecular formula is C12H13N3O. The smallest absolute Gasteiger partial charge is 0.115 e. The van der Waals surface area contributed by atoms with E-state index in [1.54, 1.807) is 18.9 Å². The molecule has 1 aliphatic heterocycles. The Balaban J connectivity index is 1.73. The summed E-state index contributed by atoms with van der Waals surface area (Å²) in [7, 11) is 0. The Morgan fingerprint density at radius 3 is 3.31 bits per heavy atom. The van der Waals surface area contributed by atoms with Crippen molar-refractivity contribution >= 4 is 0 Å². The number of aromatic nitrogens is 2. The molecule has 1 aliphatic rings. The van der Waals surface area contributed by atoms with E-state index in [-0.39, 0.29) is 0 Å². The molecular weight excluding hydrogens is 202 g/mol. The summed E-state index contributed by atoms with van der Waals surface area (Å²) in [6, 6.07) is 2.01. The van der Waals surface area contributed by atoms with Crippen LogP contribution in [0, 0.1) is 0 Å². The largest absolute Gasteiger partial charge is 0.472 e. The van der Waals surface area contributed by atoms with Crippen LogP contribution in [0.2, 0.25) is 0 Å². The van der Waals surface area contributed by atoms with E-state index in [0.29, 0.717) is 0 Å². The average molecular weight is 215 g/mol. The molecule has 0 aromatic carbocycles. The summed E-state index contributed by atoms with van der Waals surface area (Å²) in [5.74, 6) is 0. The van der Waals surface area contributed by atoms with Crippen LogP contribution in [0.4, 0.5) is 0 Å². The van der Waals surface area contributed by atoms with Gasteiger partial charge >= 0.3 is 0 Å². The Bertz CT molecular complexity index is 467. The zero-order valence-electron chi connectivity index (χ0n) is 8.97. The third-order valence-electron chi connectivity index (χ3n) is 2.93. The quantitative estimate of drug-likeness (QED) is 0.763. The molecule has 16 heavy (non-hydrogen) atoms. The van der Waals surface area contributed by atoms with Gasteiger partial charge in [0, 0.05) is 49.1 Å². The second-order valence-corrected chi connectivity index (χ2v) is 4.09. The highest BCUT2D eigenvalue weighted by Crippen LogP contribution is 2.17. The summed E-state index contributed by atoms with van der Waals surface area (Å²) < 4.78 is 5.07. The molecule has 0 bridgehead atoms. The van der Waals surface area contributed by atoms with Gasteiger partial charge in [-0.2, -0.15) is 0 Å². The summed E-state index contributed by atoms with van der Waals surface area (Å²) in [6.45, 7) is 2.92. The fourth-order valence-corrected chi connectivity index (χ4v) is 2.10. The maximum atomic E-state index is 5.07. The zero-order chi connectivity index (χ0) is 10.8. The Kier molecular flexibility index (Phi) is 2.42. The summed E-state index contributed by atoms with van der Waals surface area (Å²) in [6.07, 6.45) is 8.08. The zero-order valence-corrected chi connectivity index (χ0v) is 8.97. The van der Waals surface area contributed by atoms with Crippen LogP contribution in [0.1, 0.15) is 16.8 Å². The second-order valence-electron chi connectivity index (χ2n) is 4.09. The van der Waals surface area contributed by atoms with Gasteiger partial charge in [-0.15, -0.1) is 0 Å². The summed E-state index contributed by atoms with van der Waals surface area (Å²) in [4.78, 5) is 10.8. The van der Waals surface area contributed by atoms with Crippen molar-refractivity contribution < 1.29 is 4.42 Å². The molecule has 0 saturated carbocycles. The monoisotopic (exact) mass is 215 g/mol. The van der Waals surface area contributed by atoms with Crippen LogP contribution in [0.15, 0.2) is 35.5 Å². The van der Waals surface area contributed by atoms with Gasteiger partial charge in [-0.3, -0.25) is 4.90 Å². The van der Waals surface area contributed by atoms with E-state index in [9.17, 15) is 0 Å². The molecule has 3 heterocycles. The van der Waals surface area contributed by atoms with Gasteiger partial charge in [0.25, 0.3) is 0 Å². The SMILES string of the molecule is c1ncc2c(n1)CCN(Cc1ccoc1)C2. The fraction of sp³-hybridized carbons (Fsp3) is 0.333. The number of fused-ring (bicyclic) bond motifs is 1. The van der Waals surface area contributed by atoms with Crippen LogP contribution in [0.3, 0.4) is 0 Å². The molecule has 2 aromatic rings. The van der Waals surface area contributed by atoms with Gasteiger partial charge in [0.05, 0.1) is 12.5 Å². The maximum Gasteiger partial charge on any atom is 0.115 e. The van der Waals surface area contributed by atoms with Crippen molar-refractivity contribution in [2.24, 2.45) is 0 Å². The molecule has 0 amide bonds. The van der Waals surface area contributed by atoms with Crippen molar-refractivity contribution in [1.29, 1.82) is 0 Å². The lowest BCUT2D eigenvalue weighted by atomic mass is 10.1. The highest BCUT2D eigenvalue weighted by Gasteiger charge is 2.17. The number of rotatable bonds is 2. The van der Waals surface area contributed by atoms with E-state index >= 15 is 0 Å². The molecule has 82 valence electrons. The van der Waals surface area contributed by atoms with E-state index in [4.69, 9.17) is 4.42 Å². The van der Waals surface area contributed by atoms with Gasteiger partial charge in [0.2, 0.25) is 0 Å². The van der Waals surface area contributed by atoms with Crippen LogP contribution < -0.4 is 0 Å². The van der Waals surface area contributed by atoms with Gasteiger partial charge in [-0.1, -0.05) is 0 Å². The van der Waals surface area contributed by atoms with Gasteiger partial charge in [0.15, 0.2) is 0 Å².